The number of hydrogen-bond donors (Lipinski definition) is 0. The molecule has 1 aromatic heterocycles. The molecular weight excluding hydrogens is 437 g/mol. The monoisotopic (exact) mass is 459 g/mol. The largest absolute Gasteiger partial charge is 0.497 e. The minimum Gasteiger partial charge on any atom is -0.497 e. The van der Waals surface area contributed by atoms with Crippen molar-refractivity contribution in [3.63, 3.8) is 0 Å². The number of carbonyl (C=O) groups is 1. The first-order valence-electron chi connectivity index (χ1n) is 9.96. The number of hydrogen-bond acceptors (Lipinski definition) is 7. The number of aromatic nitrogens is 1. The van der Waals surface area contributed by atoms with E-state index in [-0.39, 0.29) is 27.6 Å². The maximum absolute atomic E-state index is 13.4. The van der Waals surface area contributed by atoms with Gasteiger partial charge in [-0.05, 0) is 48.5 Å². The second-order valence-corrected chi connectivity index (χ2v) is 9.17. The molecule has 0 unspecified atom stereocenters. The maximum Gasteiger partial charge on any atom is 0.236 e. The van der Waals surface area contributed by atoms with Gasteiger partial charge in [0.2, 0.25) is 32.5 Å². The van der Waals surface area contributed by atoms with E-state index >= 15 is 0 Å². The minimum absolute atomic E-state index is 0.0414. The van der Waals surface area contributed by atoms with Crippen LogP contribution in [0.2, 0.25) is 0 Å². The lowest BCUT2D eigenvalue weighted by atomic mass is 10.2. The van der Waals surface area contributed by atoms with Gasteiger partial charge in [0.1, 0.15) is 11.6 Å². The first-order chi connectivity index (χ1) is 15.3. The lowest BCUT2D eigenvalue weighted by Gasteiger charge is -2.34. The van der Waals surface area contributed by atoms with Gasteiger partial charge in [-0.25, -0.2) is 12.8 Å². The number of sulfone groups is 1. The fourth-order valence-electron chi connectivity index (χ4n) is 3.48. The fourth-order valence-corrected chi connectivity index (χ4v) is 4.80. The highest BCUT2D eigenvalue weighted by molar-refractivity contribution is 7.91. The summed E-state index contributed by atoms with van der Waals surface area (Å²) in [6, 6.07) is 11.4. The van der Waals surface area contributed by atoms with Gasteiger partial charge < -0.3 is 19.0 Å². The molecule has 1 aliphatic heterocycles. The second-order valence-electron chi connectivity index (χ2n) is 7.31. The van der Waals surface area contributed by atoms with Crippen molar-refractivity contribution in [2.75, 3.05) is 38.2 Å². The summed E-state index contributed by atoms with van der Waals surface area (Å²) in [5.41, 5.74) is 0.579. The van der Waals surface area contributed by atoms with Crippen molar-refractivity contribution < 1.29 is 26.8 Å². The van der Waals surface area contributed by atoms with Gasteiger partial charge in [0.05, 0.1) is 12.0 Å². The molecule has 1 aliphatic rings. The average Bonchev–Trinajstić information content (AvgIpc) is 3.26. The van der Waals surface area contributed by atoms with Crippen LogP contribution in [0.15, 0.2) is 62.9 Å². The molecule has 0 N–H and O–H groups in total. The Bertz CT molecular complexity index is 1220. The Morgan fingerprint density at radius 1 is 1.03 bits per heavy atom. The van der Waals surface area contributed by atoms with Crippen LogP contribution >= 0.6 is 0 Å². The molecule has 0 bridgehead atoms. The van der Waals surface area contributed by atoms with Crippen molar-refractivity contribution in [3.05, 3.63) is 54.3 Å². The molecule has 0 aliphatic carbocycles. The van der Waals surface area contributed by atoms with Gasteiger partial charge >= 0.3 is 0 Å². The predicted octanol–water partition coefficient (Wildman–Crippen LogP) is 2.99. The summed E-state index contributed by atoms with van der Waals surface area (Å²) in [6.45, 7) is 3.15. The number of methoxy groups -OCH3 is 1. The summed E-state index contributed by atoms with van der Waals surface area (Å²) in [5.74, 6) is 0.296. The summed E-state index contributed by atoms with van der Waals surface area (Å²) in [4.78, 5) is 19.3. The molecule has 0 saturated carbocycles. The SMILES string of the molecule is COc1ccc(-c2nc(S(=O)(=O)c3ccc(F)cc3)c(N3CCN(C(C)=O)CC3)o2)cc1. The number of halogens is 1. The first kappa shape index (κ1) is 21.8. The third-order valence-electron chi connectivity index (χ3n) is 5.31. The van der Waals surface area contributed by atoms with Gasteiger partial charge in [-0.1, -0.05) is 0 Å². The van der Waals surface area contributed by atoms with E-state index < -0.39 is 15.7 Å². The second kappa shape index (κ2) is 8.62. The van der Waals surface area contributed by atoms with Gasteiger partial charge in [0.15, 0.2) is 0 Å². The van der Waals surface area contributed by atoms with Crippen LogP contribution in [0.1, 0.15) is 6.92 Å². The molecule has 10 heteroatoms. The van der Waals surface area contributed by atoms with Crippen molar-refractivity contribution in [2.45, 2.75) is 16.8 Å². The normalized spacial score (nSPS) is 14.5. The topological polar surface area (TPSA) is 93.0 Å². The lowest BCUT2D eigenvalue weighted by molar-refractivity contribution is -0.129. The van der Waals surface area contributed by atoms with E-state index in [0.29, 0.717) is 37.5 Å². The summed E-state index contributed by atoms with van der Waals surface area (Å²) in [5, 5.41) is -0.244. The molecule has 0 spiro atoms. The molecule has 32 heavy (non-hydrogen) atoms. The average molecular weight is 459 g/mol. The van der Waals surface area contributed by atoms with E-state index in [2.05, 4.69) is 4.98 Å². The molecule has 1 amide bonds. The number of amides is 1. The van der Waals surface area contributed by atoms with Crippen LogP contribution in [0.25, 0.3) is 11.5 Å². The Labute approximate surface area is 185 Å². The van der Waals surface area contributed by atoms with Gasteiger partial charge in [0, 0.05) is 38.7 Å². The number of oxazole rings is 1. The molecule has 0 radical (unpaired) electrons. The van der Waals surface area contributed by atoms with Crippen LogP contribution in [-0.2, 0) is 14.6 Å². The van der Waals surface area contributed by atoms with Crippen molar-refractivity contribution in [3.8, 4) is 17.2 Å². The maximum atomic E-state index is 13.4. The molecule has 2 heterocycles. The van der Waals surface area contributed by atoms with Crippen molar-refractivity contribution in [1.82, 2.24) is 9.88 Å². The third kappa shape index (κ3) is 4.18. The zero-order valence-electron chi connectivity index (χ0n) is 17.6. The number of anilines is 1. The fraction of sp³-hybridized carbons (Fsp3) is 0.273. The molecule has 1 fully saturated rings. The lowest BCUT2D eigenvalue weighted by Crippen LogP contribution is -2.48. The molecule has 168 valence electrons. The van der Waals surface area contributed by atoms with Crippen LogP contribution in [0, 0.1) is 5.82 Å². The number of ether oxygens (including phenoxy) is 1. The van der Waals surface area contributed by atoms with E-state index in [1.54, 1.807) is 41.2 Å². The van der Waals surface area contributed by atoms with E-state index in [9.17, 15) is 17.6 Å². The first-order valence-corrected chi connectivity index (χ1v) is 11.4. The summed E-state index contributed by atoms with van der Waals surface area (Å²) in [6.07, 6.45) is 0. The molecule has 0 atom stereocenters. The summed E-state index contributed by atoms with van der Waals surface area (Å²) >= 11 is 0. The highest BCUT2D eigenvalue weighted by Crippen LogP contribution is 2.35. The molecule has 8 nitrogen and oxygen atoms in total. The predicted molar refractivity (Wildman–Crippen MR) is 115 cm³/mol. The number of piperazine rings is 1. The van der Waals surface area contributed by atoms with Gasteiger partial charge in [-0.15, -0.1) is 0 Å². The molecule has 3 aromatic rings. The Balaban J connectivity index is 1.77. The van der Waals surface area contributed by atoms with Gasteiger partial charge in [-0.3, -0.25) is 4.79 Å². The van der Waals surface area contributed by atoms with Crippen LogP contribution in [0.4, 0.5) is 10.3 Å². The highest BCUT2D eigenvalue weighted by atomic mass is 32.2. The Kier molecular flexibility index (Phi) is 5.88. The number of rotatable bonds is 5. The quantitative estimate of drug-likeness (QED) is 0.542. The standard InChI is InChI=1S/C22H22FN3O5S/c1-15(27)25-11-13-26(14-12-25)22-21(32(28,29)19-9-5-17(23)6-10-19)24-20(31-22)16-3-7-18(30-2)8-4-16/h3-10H,11-14H2,1-2H3. The Hall–Kier alpha value is -3.40. The van der Waals surface area contributed by atoms with Crippen LogP contribution < -0.4 is 9.64 Å². The number of nitrogens with zero attached hydrogens (tertiary/aromatic N) is 3. The minimum atomic E-state index is -4.08. The van der Waals surface area contributed by atoms with E-state index in [0.717, 1.165) is 12.1 Å². The number of carbonyl (C=O) groups excluding carboxylic acids is 1. The summed E-state index contributed by atoms with van der Waals surface area (Å²) in [7, 11) is -2.54. The third-order valence-corrected chi connectivity index (χ3v) is 6.97. The molecule has 4 rings (SSSR count). The van der Waals surface area contributed by atoms with E-state index in [1.807, 2.05) is 0 Å². The van der Waals surface area contributed by atoms with Gasteiger partial charge in [-0.2, -0.15) is 4.98 Å². The van der Waals surface area contributed by atoms with E-state index in [4.69, 9.17) is 9.15 Å². The van der Waals surface area contributed by atoms with Crippen LogP contribution in [0.5, 0.6) is 5.75 Å². The smallest absolute Gasteiger partial charge is 0.236 e. The van der Waals surface area contributed by atoms with Crippen molar-refractivity contribution in [2.24, 2.45) is 0 Å². The molecule has 2 aromatic carbocycles. The number of benzene rings is 2. The zero-order chi connectivity index (χ0) is 22.9. The molecule has 1 saturated heterocycles. The van der Waals surface area contributed by atoms with Crippen molar-refractivity contribution >= 4 is 21.6 Å². The van der Waals surface area contributed by atoms with Crippen LogP contribution in [0.3, 0.4) is 0 Å². The Morgan fingerprint density at radius 3 is 2.22 bits per heavy atom. The Morgan fingerprint density at radius 2 is 1.66 bits per heavy atom. The summed E-state index contributed by atoms with van der Waals surface area (Å²) < 4.78 is 51.2. The highest BCUT2D eigenvalue weighted by Gasteiger charge is 2.33. The zero-order valence-corrected chi connectivity index (χ0v) is 18.4. The van der Waals surface area contributed by atoms with Gasteiger partial charge in [0.25, 0.3) is 0 Å². The molecular formula is C22H22FN3O5S. The van der Waals surface area contributed by atoms with Crippen LogP contribution in [-0.4, -0.2) is 57.5 Å². The van der Waals surface area contributed by atoms with E-state index in [1.165, 1.54) is 19.1 Å². The van der Waals surface area contributed by atoms with Crippen molar-refractivity contribution in [1.29, 1.82) is 0 Å².